The fourth-order valence-corrected chi connectivity index (χ4v) is 3.47. The highest BCUT2D eigenvalue weighted by atomic mass is 35.5. The van der Waals surface area contributed by atoms with E-state index in [2.05, 4.69) is 34.3 Å². The molecule has 1 fully saturated rings. The largest absolute Gasteiger partial charge is 0.334 e. The molecule has 0 saturated carbocycles. The summed E-state index contributed by atoms with van der Waals surface area (Å²) in [4.78, 5) is 7.96. The molecule has 1 atom stereocenters. The highest BCUT2D eigenvalue weighted by Gasteiger charge is 2.26. The van der Waals surface area contributed by atoms with Crippen LogP contribution < -0.4 is 5.32 Å². The molecule has 1 aliphatic heterocycles. The van der Waals surface area contributed by atoms with Crippen LogP contribution in [0.2, 0.25) is 5.02 Å². The molecule has 7 heteroatoms. The van der Waals surface area contributed by atoms with Crippen molar-refractivity contribution in [1.82, 2.24) is 20.4 Å². The number of thioether (sulfide) groups is 1. The Bertz CT molecular complexity index is 648. The Kier molecular flexibility index (Phi) is 5.03. The van der Waals surface area contributed by atoms with Crippen molar-refractivity contribution >= 4 is 23.4 Å². The van der Waals surface area contributed by atoms with Gasteiger partial charge in [0, 0.05) is 29.6 Å². The number of halogens is 1. The van der Waals surface area contributed by atoms with E-state index in [1.54, 1.807) is 11.8 Å². The quantitative estimate of drug-likeness (QED) is 0.865. The number of nitrogens with zero attached hydrogens (tertiary/aromatic N) is 3. The van der Waals surface area contributed by atoms with Crippen LogP contribution in [0.5, 0.6) is 0 Å². The third kappa shape index (κ3) is 3.30. The first kappa shape index (κ1) is 15.8. The zero-order valence-electron chi connectivity index (χ0n) is 12.7. The number of benzene rings is 1. The molecule has 1 N–H and O–H groups in total. The Balaban J connectivity index is 1.91. The summed E-state index contributed by atoms with van der Waals surface area (Å²) in [5, 5.41) is 8.22. The summed E-state index contributed by atoms with van der Waals surface area (Å²) in [5.74, 6) is 2.23. The van der Waals surface area contributed by atoms with Gasteiger partial charge in [0.15, 0.2) is 5.82 Å². The lowest BCUT2D eigenvalue weighted by molar-refractivity contribution is 0.190. The molecule has 22 heavy (non-hydrogen) atoms. The van der Waals surface area contributed by atoms with E-state index >= 15 is 0 Å². The Morgan fingerprint density at radius 2 is 2.36 bits per heavy atom. The van der Waals surface area contributed by atoms with Gasteiger partial charge in [-0.25, -0.2) is 0 Å². The number of nitrogens with one attached hydrogen (secondary N) is 1. The normalized spacial score (nSPS) is 19.5. The van der Waals surface area contributed by atoms with Crippen LogP contribution in [-0.4, -0.2) is 47.5 Å². The maximum atomic E-state index is 6.13. The van der Waals surface area contributed by atoms with Crippen LogP contribution in [0.15, 0.2) is 27.6 Å². The molecule has 118 valence electrons. The van der Waals surface area contributed by atoms with Crippen LogP contribution in [0.4, 0.5) is 0 Å². The van der Waals surface area contributed by atoms with Gasteiger partial charge in [0.05, 0.1) is 11.6 Å². The molecular weight excluding hydrogens is 320 g/mol. The second kappa shape index (κ2) is 7.00. The molecule has 0 aliphatic carbocycles. The Labute approximate surface area is 139 Å². The highest BCUT2D eigenvalue weighted by Crippen LogP contribution is 2.33. The van der Waals surface area contributed by atoms with Crippen LogP contribution >= 0.6 is 23.4 Å². The number of rotatable bonds is 4. The zero-order valence-corrected chi connectivity index (χ0v) is 14.2. The van der Waals surface area contributed by atoms with E-state index in [1.165, 1.54) is 0 Å². The summed E-state index contributed by atoms with van der Waals surface area (Å²) in [7, 11) is 2.08. The standard InChI is InChI=1S/C15H19ClN4OS/c1-3-22-13-5-4-10(16)8-11(13)15-18-14(19-21-15)12-9-17-6-7-20(12)2/h4-5,8,12,17H,3,6-7,9H2,1-2H3. The summed E-state index contributed by atoms with van der Waals surface area (Å²) >= 11 is 7.87. The molecule has 0 bridgehead atoms. The Morgan fingerprint density at radius 3 is 3.14 bits per heavy atom. The van der Waals surface area contributed by atoms with E-state index in [-0.39, 0.29) is 6.04 Å². The van der Waals surface area contributed by atoms with Gasteiger partial charge in [0.25, 0.3) is 5.89 Å². The molecular formula is C15H19ClN4OS. The molecule has 2 heterocycles. The van der Waals surface area contributed by atoms with Crippen LogP contribution in [-0.2, 0) is 0 Å². The van der Waals surface area contributed by atoms with Crippen molar-refractivity contribution in [3.05, 3.63) is 29.0 Å². The average Bonchev–Trinajstić information content (AvgIpc) is 2.99. The number of hydrogen-bond donors (Lipinski definition) is 1. The van der Waals surface area contributed by atoms with Crippen molar-refractivity contribution in [2.24, 2.45) is 0 Å². The van der Waals surface area contributed by atoms with Gasteiger partial charge in [0.1, 0.15) is 0 Å². The number of hydrogen-bond acceptors (Lipinski definition) is 6. The summed E-state index contributed by atoms with van der Waals surface area (Å²) in [5.41, 5.74) is 0.907. The third-order valence-corrected chi connectivity index (χ3v) is 4.91. The van der Waals surface area contributed by atoms with Crippen molar-refractivity contribution in [3.8, 4) is 11.5 Å². The monoisotopic (exact) mass is 338 g/mol. The molecule has 0 spiro atoms. The smallest absolute Gasteiger partial charge is 0.259 e. The number of likely N-dealkylation sites (N-methyl/N-ethyl adjacent to an activating group) is 1. The van der Waals surface area contributed by atoms with Gasteiger partial charge in [-0.05, 0) is 31.0 Å². The molecule has 0 amide bonds. The SMILES string of the molecule is CCSc1ccc(Cl)cc1-c1nc(C2CNCCN2C)no1. The molecule has 1 aromatic heterocycles. The molecule has 1 aliphatic rings. The van der Waals surface area contributed by atoms with E-state index in [0.717, 1.165) is 41.7 Å². The van der Waals surface area contributed by atoms with Crippen molar-refractivity contribution in [2.45, 2.75) is 17.9 Å². The Morgan fingerprint density at radius 1 is 1.50 bits per heavy atom. The first-order valence-corrected chi connectivity index (χ1v) is 8.72. The molecule has 0 radical (unpaired) electrons. The minimum atomic E-state index is 0.146. The summed E-state index contributed by atoms with van der Waals surface area (Å²) < 4.78 is 5.51. The molecule has 1 unspecified atom stereocenters. The molecule has 1 aromatic carbocycles. The van der Waals surface area contributed by atoms with Crippen molar-refractivity contribution in [2.75, 3.05) is 32.4 Å². The van der Waals surface area contributed by atoms with Gasteiger partial charge in [-0.15, -0.1) is 11.8 Å². The Hall–Kier alpha value is -1.08. The third-order valence-electron chi connectivity index (χ3n) is 3.72. The lowest BCUT2D eigenvalue weighted by Crippen LogP contribution is -2.44. The van der Waals surface area contributed by atoms with Gasteiger partial charge in [0.2, 0.25) is 0 Å². The van der Waals surface area contributed by atoms with E-state index in [0.29, 0.717) is 10.9 Å². The molecule has 2 aromatic rings. The maximum Gasteiger partial charge on any atom is 0.259 e. The predicted octanol–water partition coefficient (Wildman–Crippen LogP) is 3.08. The highest BCUT2D eigenvalue weighted by molar-refractivity contribution is 7.99. The minimum Gasteiger partial charge on any atom is -0.334 e. The lowest BCUT2D eigenvalue weighted by Gasteiger charge is -2.30. The first-order chi connectivity index (χ1) is 10.7. The van der Waals surface area contributed by atoms with Crippen LogP contribution in [0.25, 0.3) is 11.5 Å². The van der Waals surface area contributed by atoms with Crippen molar-refractivity contribution in [3.63, 3.8) is 0 Å². The zero-order chi connectivity index (χ0) is 15.5. The fraction of sp³-hybridized carbons (Fsp3) is 0.467. The van der Waals surface area contributed by atoms with Crippen LogP contribution in [0.1, 0.15) is 18.8 Å². The van der Waals surface area contributed by atoms with Crippen LogP contribution in [0, 0.1) is 0 Å². The molecule has 3 rings (SSSR count). The van der Waals surface area contributed by atoms with E-state index in [1.807, 2.05) is 18.2 Å². The van der Waals surface area contributed by atoms with Gasteiger partial charge >= 0.3 is 0 Å². The maximum absolute atomic E-state index is 6.13. The van der Waals surface area contributed by atoms with Crippen molar-refractivity contribution < 1.29 is 4.52 Å². The second-order valence-corrected chi connectivity index (χ2v) is 6.97. The average molecular weight is 339 g/mol. The topological polar surface area (TPSA) is 54.2 Å². The lowest BCUT2D eigenvalue weighted by atomic mass is 10.2. The summed E-state index contributed by atoms with van der Waals surface area (Å²) in [6, 6.07) is 5.93. The van der Waals surface area contributed by atoms with E-state index in [4.69, 9.17) is 16.1 Å². The summed E-state index contributed by atoms with van der Waals surface area (Å²) in [6.45, 7) is 4.92. The molecule has 1 saturated heterocycles. The summed E-state index contributed by atoms with van der Waals surface area (Å²) in [6.07, 6.45) is 0. The number of piperazine rings is 1. The minimum absolute atomic E-state index is 0.146. The fourth-order valence-electron chi connectivity index (χ4n) is 2.52. The van der Waals surface area contributed by atoms with Gasteiger partial charge in [-0.1, -0.05) is 23.7 Å². The van der Waals surface area contributed by atoms with E-state index < -0.39 is 0 Å². The predicted molar refractivity (Wildman–Crippen MR) is 89.4 cm³/mol. The van der Waals surface area contributed by atoms with Gasteiger partial charge in [-0.2, -0.15) is 4.98 Å². The van der Waals surface area contributed by atoms with E-state index in [9.17, 15) is 0 Å². The first-order valence-electron chi connectivity index (χ1n) is 7.36. The van der Waals surface area contributed by atoms with Crippen molar-refractivity contribution in [1.29, 1.82) is 0 Å². The van der Waals surface area contributed by atoms with Gasteiger partial charge < -0.3 is 9.84 Å². The number of aromatic nitrogens is 2. The van der Waals surface area contributed by atoms with Crippen LogP contribution in [0.3, 0.4) is 0 Å². The van der Waals surface area contributed by atoms with Gasteiger partial charge in [-0.3, -0.25) is 4.90 Å². The molecule has 5 nitrogen and oxygen atoms in total. The second-order valence-electron chi connectivity index (χ2n) is 5.23.